The number of pyridine rings is 1. The van der Waals surface area contributed by atoms with Crippen LogP contribution in [0.5, 0.6) is 5.88 Å². The Labute approximate surface area is 142 Å². The second kappa shape index (κ2) is 7.23. The molecule has 1 heterocycles. The van der Waals surface area contributed by atoms with Crippen molar-refractivity contribution in [3.05, 3.63) is 57.9 Å². The lowest BCUT2D eigenvalue weighted by Gasteiger charge is -2.09. The molecular formula is C17H14N4O4. The molecule has 2 rings (SSSR count). The molecule has 0 saturated heterocycles. The maximum atomic E-state index is 12.3. The van der Waals surface area contributed by atoms with Gasteiger partial charge < -0.3 is 9.84 Å². The molecule has 0 radical (unpaired) electrons. The third-order valence-electron chi connectivity index (χ3n) is 3.46. The number of carbonyl (C=O) groups is 1. The quantitative estimate of drug-likeness (QED) is 0.679. The van der Waals surface area contributed by atoms with Gasteiger partial charge in [0.25, 0.3) is 5.56 Å². The van der Waals surface area contributed by atoms with Crippen LogP contribution in [0.3, 0.4) is 0 Å². The SMILES string of the molecule is C=Cc1c(C#N)c(O)n(C)c(=O)c1N=Nc1ccccc1C(=O)OC. The Morgan fingerprint density at radius 1 is 1.40 bits per heavy atom. The first-order valence-corrected chi connectivity index (χ1v) is 7.03. The number of nitrogens with zero attached hydrogens (tertiary/aromatic N) is 4. The van der Waals surface area contributed by atoms with E-state index in [2.05, 4.69) is 21.5 Å². The molecule has 0 atom stereocenters. The van der Waals surface area contributed by atoms with Gasteiger partial charge in [-0.3, -0.25) is 9.36 Å². The predicted molar refractivity (Wildman–Crippen MR) is 90.1 cm³/mol. The average Bonchev–Trinajstić information content (AvgIpc) is 2.64. The minimum Gasteiger partial charge on any atom is -0.493 e. The molecule has 0 aliphatic heterocycles. The molecule has 8 nitrogen and oxygen atoms in total. The van der Waals surface area contributed by atoms with Crippen molar-refractivity contribution in [1.82, 2.24) is 4.57 Å². The zero-order valence-corrected chi connectivity index (χ0v) is 13.6. The lowest BCUT2D eigenvalue weighted by atomic mass is 10.1. The summed E-state index contributed by atoms with van der Waals surface area (Å²) in [5.41, 5.74) is -0.560. The van der Waals surface area contributed by atoms with E-state index in [-0.39, 0.29) is 28.1 Å². The zero-order chi connectivity index (χ0) is 18.6. The maximum Gasteiger partial charge on any atom is 0.340 e. The molecule has 0 saturated carbocycles. The molecule has 1 aromatic heterocycles. The number of benzene rings is 1. The molecule has 25 heavy (non-hydrogen) atoms. The number of nitriles is 1. The van der Waals surface area contributed by atoms with Gasteiger partial charge in [0.2, 0.25) is 5.88 Å². The molecule has 0 fully saturated rings. The fourth-order valence-electron chi connectivity index (χ4n) is 2.13. The summed E-state index contributed by atoms with van der Waals surface area (Å²) in [4.78, 5) is 24.1. The van der Waals surface area contributed by atoms with Gasteiger partial charge in [-0.2, -0.15) is 5.26 Å². The third-order valence-corrected chi connectivity index (χ3v) is 3.46. The molecule has 1 aromatic carbocycles. The van der Waals surface area contributed by atoms with Gasteiger partial charge in [-0.1, -0.05) is 24.8 Å². The average molecular weight is 338 g/mol. The van der Waals surface area contributed by atoms with Crippen LogP contribution in [-0.2, 0) is 11.8 Å². The van der Waals surface area contributed by atoms with Crippen molar-refractivity contribution in [3.8, 4) is 11.9 Å². The number of aromatic nitrogens is 1. The molecular weight excluding hydrogens is 324 g/mol. The Morgan fingerprint density at radius 2 is 2.08 bits per heavy atom. The summed E-state index contributed by atoms with van der Waals surface area (Å²) in [6, 6.07) is 8.11. The summed E-state index contributed by atoms with van der Waals surface area (Å²) in [5.74, 6) is -1.09. The molecule has 0 bridgehead atoms. The van der Waals surface area contributed by atoms with Crippen LogP contribution in [0, 0.1) is 11.3 Å². The Bertz CT molecular complexity index is 983. The highest BCUT2D eigenvalue weighted by Gasteiger charge is 2.18. The van der Waals surface area contributed by atoms with Crippen LogP contribution in [0.1, 0.15) is 21.5 Å². The van der Waals surface area contributed by atoms with Crippen LogP contribution in [0.2, 0.25) is 0 Å². The predicted octanol–water partition coefficient (Wildman–Crippen LogP) is 2.81. The highest BCUT2D eigenvalue weighted by atomic mass is 16.5. The minimum atomic E-state index is -0.661. The number of ether oxygens (including phenoxy) is 1. The third kappa shape index (κ3) is 3.16. The van der Waals surface area contributed by atoms with Gasteiger partial charge in [-0.15, -0.1) is 10.2 Å². The van der Waals surface area contributed by atoms with Crippen molar-refractivity contribution in [2.24, 2.45) is 17.3 Å². The Hall–Kier alpha value is -3.73. The summed E-state index contributed by atoms with van der Waals surface area (Å²) < 4.78 is 5.55. The highest BCUT2D eigenvalue weighted by Crippen LogP contribution is 2.28. The van der Waals surface area contributed by atoms with E-state index in [9.17, 15) is 20.0 Å². The molecule has 0 unspecified atom stereocenters. The second-order valence-electron chi connectivity index (χ2n) is 4.85. The summed E-state index contributed by atoms with van der Waals surface area (Å²) >= 11 is 0. The van der Waals surface area contributed by atoms with Crippen molar-refractivity contribution in [1.29, 1.82) is 5.26 Å². The number of carbonyl (C=O) groups excluding carboxylic acids is 1. The number of hydrogen-bond donors (Lipinski definition) is 1. The number of rotatable bonds is 4. The second-order valence-corrected chi connectivity index (χ2v) is 4.85. The molecule has 0 spiro atoms. The van der Waals surface area contributed by atoms with E-state index in [1.54, 1.807) is 18.2 Å². The normalized spacial score (nSPS) is 10.4. The van der Waals surface area contributed by atoms with Crippen LogP contribution in [0.25, 0.3) is 6.08 Å². The standard InChI is InChI=1S/C17H14N4O4/c1-4-10-12(9-18)15(22)21(2)16(23)14(10)20-19-13-8-6-5-7-11(13)17(24)25-3/h4-8,22H,1H2,2-3H3. The van der Waals surface area contributed by atoms with Crippen LogP contribution in [-0.4, -0.2) is 22.8 Å². The van der Waals surface area contributed by atoms with E-state index in [1.807, 2.05) is 0 Å². The first-order chi connectivity index (χ1) is 12.0. The van der Waals surface area contributed by atoms with Gasteiger partial charge in [-0.05, 0) is 12.1 Å². The van der Waals surface area contributed by atoms with Crippen molar-refractivity contribution in [2.45, 2.75) is 0 Å². The van der Waals surface area contributed by atoms with Gasteiger partial charge in [0.15, 0.2) is 5.69 Å². The number of esters is 1. The molecule has 0 amide bonds. The maximum absolute atomic E-state index is 12.3. The number of aromatic hydroxyl groups is 1. The fourth-order valence-corrected chi connectivity index (χ4v) is 2.13. The van der Waals surface area contributed by atoms with Gasteiger partial charge in [0, 0.05) is 12.6 Å². The van der Waals surface area contributed by atoms with E-state index in [4.69, 9.17) is 0 Å². The molecule has 1 N–H and O–H groups in total. The minimum absolute atomic E-state index is 0.0578. The Balaban J connectivity index is 2.67. The van der Waals surface area contributed by atoms with E-state index in [1.165, 1.54) is 32.4 Å². The molecule has 0 aliphatic rings. The smallest absolute Gasteiger partial charge is 0.340 e. The first kappa shape index (κ1) is 17.6. The van der Waals surface area contributed by atoms with E-state index >= 15 is 0 Å². The lowest BCUT2D eigenvalue weighted by Crippen LogP contribution is -2.18. The number of hydrogen-bond acceptors (Lipinski definition) is 7. The van der Waals surface area contributed by atoms with Crippen LogP contribution >= 0.6 is 0 Å². The van der Waals surface area contributed by atoms with Gasteiger partial charge in [0.05, 0.1) is 12.7 Å². The molecule has 8 heteroatoms. The summed E-state index contributed by atoms with van der Waals surface area (Å²) in [6.07, 6.45) is 1.24. The summed E-state index contributed by atoms with van der Waals surface area (Å²) in [7, 11) is 2.54. The first-order valence-electron chi connectivity index (χ1n) is 7.03. The van der Waals surface area contributed by atoms with Gasteiger partial charge >= 0.3 is 5.97 Å². The lowest BCUT2D eigenvalue weighted by molar-refractivity contribution is 0.0601. The number of methoxy groups -OCH3 is 1. The van der Waals surface area contributed by atoms with Crippen molar-refractivity contribution >= 4 is 23.4 Å². The fraction of sp³-hybridized carbons (Fsp3) is 0.118. The van der Waals surface area contributed by atoms with Crippen molar-refractivity contribution in [2.75, 3.05) is 7.11 Å². The van der Waals surface area contributed by atoms with Crippen LogP contribution < -0.4 is 5.56 Å². The molecule has 0 aliphatic carbocycles. The van der Waals surface area contributed by atoms with Crippen molar-refractivity contribution in [3.63, 3.8) is 0 Å². The van der Waals surface area contributed by atoms with E-state index in [0.717, 1.165) is 4.57 Å². The molecule has 2 aromatic rings. The molecule has 126 valence electrons. The summed E-state index contributed by atoms with van der Waals surface area (Å²) in [6.45, 7) is 3.54. The van der Waals surface area contributed by atoms with E-state index < -0.39 is 17.4 Å². The van der Waals surface area contributed by atoms with E-state index in [0.29, 0.717) is 0 Å². The van der Waals surface area contributed by atoms with Gasteiger partial charge in [0.1, 0.15) is 17.3 Å². The van der Waals surface area contributed by atoms with Crippen molar-refractivity contribution < 1.29 is 14.6 Å². The van der Waals surface area contributed by atoms with Crippen LogP contribution in [0.4, 0.5) is 11.4 Å². The van der Waals surface area contributed by atoms with Gasteiger partial charge in [-0.25, -0.2) is 4.79 Å². The van der Waals surface area contributed by atoms with Crippen LogP contribution in [0.15, 0.2) is 45.9 Å². The summed E-state index contributed by atoms with van der Waals surface area (Å²) in [5, 5.41) is 26.9. The Kier molecular flexibility index (Phi) is 5.09. The zero-order valence-electron chi connectivity index (χ0n) is 13.6. The monoisotopic (exact) mass is 338 g/mol. The number of azo groups is 1. The Morgan fingerprint density at radius 3 is 2.68 bits per heavy atom. The topological polar surface area (TPSA) is 117 Å². The largest absolute Gasteiger partial charge is 0.493 e. The highest BCUT2D eigenvalue weighted by molar-refractivity contribution is 5.94.